The van der Waals surface area contributed by atoms with Crippen LogP contribution in [-0.4, -0.2) is 0 Å². The molecule has 0 unspecified atom stereocenters. The van der Waals surface area contributed by atoms with Crippen molar-refractivity contribution in [2.24, 2.45) is 0 Å². The van der Waals surface area contributed by atoms with Gasteiger partial charge in [0.05, 0.1) is 11.4 Å². The highest BCUT2D eigenvalue weighted by Gasteiger charge is 2.27. The van der Waals surface area contributed by atoms with Crippen LogP contribution in [0, 0.1) is 6.92 Å². The first-order chi connectivity index (χ1) is 11.7. The third-order valence-electron chi connectivity index (χ3n) is 4.62. The van der Waals surface area contributed by atoms with Gasteiger partial charge in [0.1, 0.15) is 0 Å². The molecule has 1 nitrogen and oxygen atoms in total. The topological polar surface area (TPSA) is 3.24 Å². The summed E-state index contributed by atoms with van der Waals surface area (Å²) >= 11 is 0. The van der Waals surface area contributed by atoms with Crippen molar-refractivity contribution in [3.8, 4) is 0 Å². The summed E-state index contributed by atoms with van der Waals surface area (Å²) in [6, 6.07) is 26.2. The maximum atomic E-state index is 2.37. The molecule has 0 saturated carbocycles. The van der Waals surface area contributed by atoms with Crippen molar-refractivity contribution in [2.45, 2.75) is 20.8 Å². The lowest BCUT2D eigenvalue weighted by Gasteiger charge is -2.35. The number of fused-ring (bicyclic) bond motifs is 2. The molecule has 1 aliphatic heterocycles. The molecule has 0 atom stereocenters. The summed E-state index contributed by atoms with van der Waals surface area (Å²) in [4.78, 5) is 2.37. The second-order valence-corrected chi connectivity index (χ2v) is 6.58. The standard InChI is InChI=1S/C23H21N/c1-16(2)23-19-8-4-6-10-21(19)24(18-14-12-17(3)13-15-18)22-11-7-5-9-20(22)23/h4-15H,1-3H3. The van der Waals surface area contributed by atoms with Gasteiger partial charge in [0.15, 0.2) is 0 Å². The van der Waals surface area contributed by atoms with E-state index in [9.17, 15) is 0 Å². The normalized spacial score (nSPS) is 12.6. The average Bonchev–Trinajstić information content (AvgIpc) is 2.60. The van der Waals surface area contributed by atoms with E-state index in [0.717, 1.165) is 0 Å². The van der Waals surface area contributed by atoms with Crippen molar-refractivity contribution in [1.29, 1.82) is 0 Å². The summed E-state index contributed by atoms with van der Waals surface area (Å²) in [5.74, 6) is 0. The Morgan fingerprint density at radius 2 is 1.17 bits per heavy atom. The minimum atomic E-state index is 1.20. The largest absolute Gasteiger partial charge is 0.309 e. The summed E-state index contributed by atoms with van der Waals surface area (Å²) < 4.78 is 0. The van der Waals surface area contributed by atoms with Crippen molar-refractivity contribution >= 4 is 22.6 Å². The van der Waals surface area contributed by atoms with Crippen molar-refractivity contribution in [3.63, 3.8) is 0 Å². The predicted molar refractivity (Wildman–Crippen MR) is 103 cm³/mol. The lowest BCUT2D eigenvalue weighted by atomic mass is 9.87. The predicted octanol–water partition coefficient (Wildman–Crippen LogP) is 6.62. The molecule has 3 aromatic rings. The van der Waals surface area contributed by atoms with Crippen LogP contribution < -0.4 is 4.90 Å². The smallest absolute Gasteiger partial charge is 0.0540 e. The van der Waals surface area contributed by atoms with Crippen LogP contribution in [0.5, 0.6) is 0 Å². The van der Waals surface area contributed by atoms with Gasteiger partial charge in [-0.2, -0.15) is 0 Å². The van der Waals surface area contributed by atoms with Crippen molar-refractivity contribution in [2.75, 3.05) is 4.90 Å². The SMILES string of the molecule is CC(C)=C1c2ccccc2N(c2ccc(C)cc2)c2ccccc21. The third kappa shape index (κ3) is 2.25. The van der Waals surface area contributed by atoms with Crippen LogP contribution in [0.3, 0.4) is 0 Å². The van der Waals surface area contributed by atoms with E-state index >= 15 is 0 Å². The number of benzene rings is 3. The summed E-state index contributed by atoms with van der Waals surface area (Å²) in [5, 5.41) is 0. The van der Waals surface area contributed by atoms with Gasteiger partial charge in [0.25, 0.3) is 0 Å². The zero-order valence-corrected chi connectivity index (χ0v) is 14.4. The quantitative estimate of drug-likeness (QED) is 0.382. The first-order valence-electron chi connectivity index (χ1n) is 8.40. The summed E-state index contributed by atoms with van der Waals surface area (Å²) in [7, 11) is 0. The van der Waals surface area contributed by atoms with Crippen LogP contribution in [-0.2, 0) is 0 Å². The molecular formula is C23H21N. The molecule has 0 aromatic heterocycles. The monoisotopic (exact) mass is 311 g/mol. The number of rotatable bonds is 1. The Morgan fingerprint density at radius 3 is 1.67 bits per heavy atom. The molecule has 0 saturated heterocycles. The van der Waals surface area contributed by atoms with Gasteiger partial charge in [-0.05, 0) is 50.6 Å². The van der Waals surface area contributed by atoms with Gasteiger partial charge in [-0.25, -0.2) is 0 Å². The Morgan fingerprint density at radius 1 is 0.667 bits per heavy atom. The van der Waals surface area contributed by atoms with E-state index in [4.69, 9.17) is 0 Å². The van der Waals surface area contributed by atoms with E-state index in [-0.39, 0.29) is 0 Å². The Kier molecular flexibility index (Phi) is 3.50. The van der Waals surface area contributed by atoms with Crippen LogP contribution in [0.1, 0.15) is 30.5 Å². The molecule has 3 aromatic carbocycles. The summed E-state index contributed by atoms with van der Waals surface area (Å²) in [6.07, 6.45) is 0. The minimum absolute atomic E-state index is 1.20. The summed E-state index contributed by atoms with van der Waals surface area (Å²) in [6.45, 7) is 6.53. The Labute approximate surface area is 143 Å². The number of para-hydroxylation sites is 2. The Hall–Kier alpha value is -2.80. The molecule has 4 rings (SSSR count). The van der Waals surface area contributed by atoms with E-state index in [1.165, 1.54) is 44.9 Å². The number of aryl methyl sites for hydroxylation is 1. The van der Waals surface area contributed by atoms with Gasteiger partial charge >= 0.3 is 0 Å². The molecule has 0 N–H and O–H groups in total. The fraction of sp³-hybridized carbons (Fsp3) is 0.130. The Bertz CT molecular complexity index is 879. The van der Waals surface area contributed by atoms with Crippen LogP contribution in [0.4, 0.5) is 17.1 Å². The van der Waals surface area contributed by atoms with Gasteiger partial charge in [0, 0.05) is 16.8 Å². The van der Waals surface area contributed by atoms with Crippen LogP contribution in [0.25, 0.3) is 5.57 Å². The molecule has 0 spiro atoms. The molecule has 0 fully saturated rings. The highest BCUT2D eigenvalue weighted by molar-refractivity contribution is 6.01. The van der Waals surface area contributed by atoms with Crippen molar-refractivity contribution < 1.29 is 0 Å². The van der Waals surface area contributed by atoms with E-state index in [1.54, 1.807) is 0 Å². The lowest BCUT2D eigenvalue weighted by molar-refractivity contribution is 1.22. The first-order valence-corrected chi connectivity index (χ1v) is 8.40. The van der Waals surface area contributed by atoms with E-state index in [0.29, 0.717) is 0 Å². The zero-order chi connectivity index (χ0) is 16.7. The first kappa shape index (κ1) is 14.8. The fourth-order valence-electron chi connectivity index (χ4n) is 3.55. The molecule has 0 amide bonds. The van der Waals surface area contributed by atoms with E-state index in [1.807, 2.05) is 0 Å². The van der Waals surface area contributed by atoms with Gasteiger partial charge in [0.2, 0.25) is 0 Å². The zero-order valence-electron chi connectivity index (χ0n) is 14.4. The average molecular weight is 311 g/mol. The van der Waals surface area contributed by atoms with Gasteiger partial charge in [-0.15, -0.1) is 0 Å². The van der Waals surface area contributed by atoms with Gasteiger partial charge in [-0.3, -0.25) is 0 Å². The van der Waals surface area contributed by atoms with Crippen molar-refractivity contribution in [3.05, 3.63) is 95.1 Å². The highest BCUT2D eigenvalue weighted by Crippen LogP contribution is 2.49. The second-order valence-electron chi connectivity index (χ2n) is 6.58. The highest BCUT2D eigenvalue weighted by atomic mass is 15.2. The number of anilines is 3. The van der Waals surface area contributed by atoms with E-state index in [2.05, 4.69) is 98.5 Å². The number of hydrogen-bond acceptors (Lipinski definition) is 1. The van der Waals surface area contributed by atoms with Crippen LogP contribution >= 0.6 is 0 Å². The van der Waals surface area contributed by atoms with Crippen molar-refractivity contribution in [1.82, 2.24) is 0 Å². The maximum Gasteiger partial charge on any atom is 0.0540 e. The molecule has 0 aliphatic carbocycles. The lowest BCUT2D eigenvalue weighted by Crippen LogP contribution is -2.18. The summed E-state index contributed by atoms with van der Waals surface area (Å²) in [5.41, 5.74) is 10.3. The molecule has 24 heavy (non-hydrogen) atoms. The Balaban J connectivity index is 2.04. The number of allylic oxidation sites excluding steroid dienone is 1. The molecular weight excluding hydrogens is 290 g/mol. The molecule has 118 valence electrons. The molecule has 0 radical (unpaired) electrons. The minimum Gasteiger partial charge on any atom is -0.309 e. The van der Waals surface area contributed by atoms with Gasteiger partial charge < -0.3 is 4.90 Å². The van der Waals surface area contributed by atoms with Crippen LogP contribution in [0.2, 0.25) is 0 Å². The van der Waals surface area contributed by atoms with Gasteiger partial charge in [-0.1, -0.05) is 59.7 Å². The maximum absolute atomic E-state index is 2.37. The third-order valence-corrected chi connectivity index (χ3v) is 4.62. The molecule has 1 heterocycles. The second kappa shape index (κ2) is 5.68. The number of hydrogen-bond donors (Lipinski definition) is 0. The molecule has 1 aliphatic rings. The molecule has 0 bridgehead atoms. The van der Waals surface area contributed by atoms with Crippen LogP contribution in [0.15, 0.2) is 78.4 Å². The van der Waals surface area contributed by atoms with E-state index < -0.39 is 0 Å². The fourth-order valence-corrected chi connectivity index (χ4v) is 3.55. The number of nitrogens with zero attached hydrogens (tertiary/aromatic N) is 1. The molecule has 1 heteroatoms.